The summed E-state index contributed by atoms with van der Waals surface area (Å²) in [5, 5.41) is 0. The Bertz CT molecular complexity index is 192. The Morgan fingerprint density at radius 1 is 0.933 bits per heavy atom. The minimum atomic E-state index is 0.315. The summed E-state index contributed by atoms with van der Waals surface area (Å²) < 4.78 is 5.43. The molecule has 15 heavy (non-hydrogen) atoms. The van der Waals surface area contributed by atoms with Gasteiger partial charge in [-0.15, -0.1) is 0 Å². The number of ether oxygens (including phenoxy) is 1. The van der Waals surface area contributed by atoms with Crippen LogP contribution >= 0.6 is 0 Å². The van der Waals surface area contributed by atoms with Crippen molar-refractivity contribution in [3.63, 3.8) is 0 Å². The van der Waals surface area contributed by atoms with Gasteiger partial charge in [0.05, 0.1) is 12.7 Å². The summed E-state index contributed by atoms with van der Waals surface area (Å²) in [6.45, 7) is 12.8. The molecule has 0 spiro atoms. The Labute approximate surface area is 95.5 Å². The van der Waals surface area contributed by atoms with E-state index in [2.05, 4.69) is 12.1 Å². The topological polar surface area (TPSA) is 9.23 Å². The van der Waals surface area contributed by atoms with E-state index in [1.54, 1.807) is 0 Å². The third-order valence-corrected chi connectivity index (χ3v) is 1.43. The highest BCUT2D eigenvalue weighted by Gasteiger charge is 1.93. The summed E-state index contributed by atoms with van der Waals surface area (Å²) in [7, 11) is 0. The van der Waals surface area contributed by atoms with Gasteiger partial charge in [0.25, 0.3) is 0 Å². The van der Waals surface area contributed by atoms with Crippen LogP contribution in [0.4, 0.5) is 0 Å². The van der Waals surface area contributed by atoms with Gasteiger partial charge in [0.1, 0.15) is 0 Å². The summed E-state index contributed by atoms with van der Waals surface area (Å²) in [4.78, 5) is 0. The van der Waals surface area contributed by atoms with E-state index in [0.29, 0.717) is 6.10 Å². The van der Waals surface area contributed by atoms with Gasteiger partial charge in [0.2, 0.25) is 0 Å². The Morgan fingerprint density at radius 3 is 1.80 bits per heavy atom. The second-order valence-corrected chi connectivity index (χ2v) is 2.85. The van der Waals surface area contributed by atoms with E-state index >= 15 is 0 Å². The van der Waals surface area contributed by atoms with Crippen LogP contribution in [0.15, 0.2) is 30.3 Å². The zero-order valence-corrected chi connectivity index (χ0v) is 11.1. The largest absolute Gasteiger partial charge is 0.374 e. The highest BCUT2D eigenvalue weighted by Crippen LogP contribution is 2.02. The zero-order chi connectivity index (χ0) is 12.1. The van der Waals surface area contributed by atoms with Gasteiger partial charge < -0.3 is 4.74 Å². The van der Waals surface area contributed by atoms with Crippen LogP contribution in [0.3, 0.4) is 0 Å². The van der Waals surface area contributed by atoms with Crippen LogP contribution in [0.2, 0.25) is 0 Å². The minimum absolute atomic E-state index is 0.315. The smallest absolute Gasteiger partial charge is 0.0720 e. The van der Waals surface area contributed by atoms with Crippen LogP contribution < -0.4 is 0 Å². The second kappa shape index (κ2) is 13.2. The van der Waals surface area contributed by atoms with Crippen molar-refractivity contribution in [2.24, 2.45) is 0 Å². The average Bonchev–Trinajstić information content (AvgIpc) is 2.33. The maximum atomic E-state index is 5.43. The van der Waals surface area contributed by atoms with Crippen LogP contribution in [0.25, 0.3) is 0 Å². The Balaban J connectivity index is 0. The van der Waals surface area contributed by atoms with Crippen LogP contribution in [0.5, 0.6) is 0 Å². The molecule has 0 radical (unpaired) electrons. The highest BCUT2D eigenvalue weighted by atomic mass is 16.5. The molecular formula is C14H26O. The molecule has 1 nitrogen and oxygen atoms in total. The Morgan fingerprint density at radius 2 is 1.40 bits per heavy atom. The highest BCUT2D eigenvalue weighted by molar-refractivity contribution is 5.13. The molecule has 0 heterocycles. The van der Waals surface area contributed by atoms with Crippen molar-refractivity contribution in [2.75, 3.05) is 0 Å². The molecule has 0 saturated carbocycles. The quantitative estimate of drug-likeness (QED) is 0.704. The summed E-state index contributed by atoms with van der Waals surface area (Å²) >= 11 is 0. The van der Waals surface area contributed by atoms with Gasteiger partial charge in [-0.2, -0.15) is 0 Å². The molecule has 1 heteroatoms. The van der Waals surface area contributed by atoms with Crippen molar-refractivity contribution >= 4 is 0 Å². The lowest BCUT2D eigenvalue weighted by Gasteiger charge is -2.06. The monoisotopic (exact) mass is 210 g/mol. The molecule has 0 atom stereocenters. The summed E-state index contributed by atoms with van der Waals surface area (Å²) in [6.07, 6.45) is 0.315. The van der Waals surface area contributed by atoms with E-state index < -0.39 is 0 Å². The fraction of sp³-hybridized carbons (Fsp3) is 0.571. The standard InChI is InChI=1S/C10H14O.2C2H6/c1-9(2)11-8-10-6-4-3-5-7-10;2*1-2/h3-7,9H,8H2,1-2H3;2*1-2H3. The molecule has 88 valence electrons. The van der Waals surface area contributed by atoms with Gasteiger partial charge >= 0.3 is 0 Å². The molecular weight excluding hydrogens is 184 g/mol. The van der Waals surface area contributed by atoms with E-state index in [1.165, 1.54) is 5.56 Å². The summed E-state index contributed by atoms with van der Waals surface area (Å²) in [5.74, 6) is 0. The molecule has 0 aliphatic heterocycles. The molecule has 0 unspecified atom stereocenters. The molecule has 1 aromatic carbocycles. The molecule has 0 fully saturated rings. The van der Waals surface area contributed by atoms with Gasteiger partial charge in [-0.1, -0.05) is 58.0 Å². The first-order valence-electron chi connectivity index (χ1n) is 5.94. The third kappa shape index (κ3) is 11.1. The summed E-state index contributed by atoms with van der Waals surface area (Å²) in [5.41, 5.74) is 1.24. The van der Waals surface area contributed by atoms with Crippen molar-refractivity contribution < 1.29 is 4.74 Å². The van der Waals surface area contributed by atoms with Gasteiger partial charge in [-0.25, -0.2) is 0 Å². The van der Waals surface area contributed by atoms with Crippen molar-refractivity contribution in [1.29, 1.82) is 0 Å². The first-order chi connectivity index (χ1) is 7.29. The van der Waals surface area contributed by atoms with Crippen LogP contribution in [-0.2, 0) is 11.3 Å². The lowest BCUT2D eigenvalue weighted by atomic mass is 10.2. The van der Waals surface area contributed by atoms with E-state index in [0.717, 1.165) is 6.61 Å². The predicted octanol–water partition coefficient (Wildman–Crippen LogP) is 4.66. The third-order valence-electron chi connectivity index (χ3n) is 1.43. The second-order valence-electron chi connectivity index (χ2n) is 2.85. The molecule has 0 saturated heterocycles. The zero-order valence-electron chi connectivity index (χ0n) is 11.1. The van der Waals surface area contributed by atoms with E-state index in [1.807, 2.05) is 59.7 Å². The lowest BCUT2D eigenvalue weighted by Crippen LogP contribution is -2.01. The SMILES string of the molecule is CC.CC.CC(C)OCc1ccccc1. The van der Waals surface area contributed by atoms with Crippen molar-refractivity contribution in [3.05, 3.63) is 35.9 Å². The van der Waals surface area contributed by atoms with Gasteiger partial charge in [-0.3, -0.25) is 0 Å². The minimum Gasteiger partial charge on any atom is -0.374 e. The molecule has 1 rings (SSSR count). The molecule has 0 aromatic heterocycles. The molecule has 0 bridgehead atoms. The first kappa shape index (κ1) is 16.6. The molecule has 0 aliphatic rings. The van der Waals surface area contributed by atoms with Crippen LogP contribution in [0.1, 0.15) is 47.1 Å². The first-order valence-corrected chi connectivity index (χ1v) is 5.94. The molecule has 0 N–H and O–H groups in total. The number of benzene rings is 1. The number of hydrogen-bond acceptors (Lipinski definition) is 1. The van der Waals surface area contributed by atoms with E-state index in [9.17, 15) is 0 Å². The molecule has 0 amide bonds. The Kier molecular flexibility index (Phi) is 14.6. The lowest BCUT2D eigenvalue weighted by molar-refractivity contribution is 0.0657. The van der Waals surface area contributed by atoms with Gasteiger partial charge in [-0.05, 0) is 19.4 Å². The number of rotatable bonds is 3. The fourth-order valence-electron chi connectivity index (χ4n) is 0.837. The fourth-order valence-corrected chi connectivity index (χ4v) is 0.837. The van der Waals surface area contributed by atoms with Crippen molar-refractivity contribution in [3.8, 4) is 0 Å². The van der Waals surface area contributed by atoms with Crippen LogP contribution in [-0.4, -0.2) is 6.10 Å². The van der Waals surface area contributed by atoms with Crippen molar-refractivity contribution in [2.45, 2.75) is 54.3 Å². The maximum Gasteiger partial charge on any atom is 0.0720 e. The maximum absolute atomic E-state index is 5.43. The number of hydrogen-bond donors (Lipinski definition) is 0. The van der Waals surface area contributed by atoms with Crippen molar-refractivity contribution in [1.82, 2.24) is 0 Å². The predicted molar refractivity (Wildman–Crippen MR) is 69.1 cm³/mol. The van der Waals surface area contributed by atoms with E-state index in [4.69, 9.17) is 4.74 Å². The average molecular weight is 210 g/mol. The molecule has 1 aromatic rings. The van der Waals surface area contributed by atoms with Gasteiger partial charge in [0, 0.05) is 0 Å². The Hall–Kier alpha value is -0.820. The van der Waals surface area contributed by atoms with E-state index in [-0.39, 0.29) is 0 Å². The van der Waals surface area contributed by atoms with Crippen LogP contribution in [0, 0.1) is 0 Å². The summed E-state index contributed by atoms with van der Waals surface area (Å²) in [6, 6.07) is 10.2. The molecule has 0 aliphatic carbocycles. The van der Waals surface area contributed by atoms with Gasteiger partial charge in [0.15, 0.2) is 0 Å². The normalized spacial score (nSPS) is 8.47.